The van der Waals surface area contributed by atoms with Crippen molar-refractivity contribution in [3.63, 3.8) is 0 Å². The van der Waals surface area contributed by atoms with Gasteiger partial charge in [-0.2, -0.15) is 5.06 Å². The zero-order chi connectivity index (χ0) is 10.7. The van der Waals surface area contributed by atoms with Gasteiger partial charge < -0.3 is 4.84 Å². The Hall–Kier alpha value is -1.84. The number of rotatable bonds is 2. The summed E-state index contributed by atoms with van der Waals surface area (Å²) in [6, 6.07) is 7.28. The average Bonchev–Trinajstić information content (AvgIpc) is 2.71. The predicted octanol–water partition coefficient (Wildman–Crippen LogP) is 1.41. The molecule has 0 spiro atoms. The van der Waals surface area contributed by atoms with Crippen molar-refractivity contribution in [2.75, 3.05) is 13.1 Å². The first kappa shape index (κ1) is 9.71. The Morgan fingerprint density at radius 3 is 2.73 bits per heavy atom. The van der Waals surface area contributed by atoms with E-state index < -0.39 is 0 Å². The van der Waals surface area contributed by atoms with E-state index in [1.807, 2.05) is 19.1 Å². The maximum Gasteiger partial charge on any atom is 0.363 e. The van der Waals surface area contributed by atoms with Crippen LogP contribution in [0.3, 0.4) is 0 Å². The van der Waals surface area contributed by atoms with E-state index in [4.69, 9.17) is 4.84 Å². The van der Waals surface area contributed by atoms with E-state index in [-0.39, 0.29) is 5.97 Å². The lowest BCUT2D eigenvalue weighted by atomic mass is 10.2. The standard InChI is InChI=1S/C11H12N2O2/c1-9-2-4-10(5-3-9)11(14)15-13-7-6-12-8-13/h2-5,8H,6-7H2,1H3. The molecule has 0 amide bonds. The molecule has 1 heterocycles. The van der Waals surface area contributed by atoms with Crippen LogP contribution < -0.4 is 0 Å². The first-order chi connectivity index (χ1) is 7.25. The second kappa shape index (κ2) is 4.13. The Kier molecular flexibility index (Phi) is 2.67. The number of nitrogens with zero attached hydrogens (tertiary/aromatic N) is 2. The quantitative estimate of drug-likeness (QED) is 0.731. The third-order valence-electron chi connectivity index (χ3n) is 2.15. The van der Waals surface area contributed by atoms with Gasteiger partial charge in [0.2, 0.25) is 0 Å². The summed E-state index contributed by atoms with van der Waals surface area (Å²) >= 11 is 0. The monoisotopic (exact) mass is 204 g/mol. The van der Waals surface area contributed by atoms with Gasteiger partial charge in [0.05, 0.1) is 18.7 Å². The summed E-state index contributed by atoms with van der Waals surface area (Å²) in [5.74, 6) is -0.344. The summed E-state index contributed by atoms with van der Waals surface area (Å²) in [5, 5.41) is 1.45. The van der Waals surface area contributed by atoms with Gasteiger partial charge >= 0.3 is 5.97 Å². The van der Waals surface area contributed by atoms with E-state index in [2.05, 4.69) is 4.99 Å². The van der Waals surface area contributed by atoms with E-state index in [0.717, 1.165) is 5.56 Å². The minimum absolute atomic E-state index is 0.344. The second-order valence-electron chi connectivity index (χ2n) is 3.41. The van der Waals surface area contributed by atoms with Crippen molar-refractivity contribution >= 4 is 12.3 Å². The molecule has 0 unspecified atom stereocenters. The van der Waals surface area contributed by atoms with E-state index >= 15 is 0 Å². The van der Waals surface area contributed by atoms with E-state index in [9.17, 15) is 4.79 Å². The third kappa shape index (κ3) is 2.34. The topological polar surface area (TPSA) is 41.9 Å². The highest BCUT2D eigenvalue weighted by Gasteiger charge is 2.13. The predicted molar refractivity (Wildman–Crippen MR) is 56.7 cm³/mol. The molecule has 0 bridgehead atoms. The maximum absolute atomic E-state index is 11.6. The van der Waals surface area contributed by atoms with E-state index in [1.165, 1.54) is 11.4 Å². The van der Waals surface area contributed by atoms with Crippen molar-refractivity contribution in [2.45, 2.75) is 6.92 Å². The first-order valence-corrected chi connectivity index (χ1v) is 4.81. The average molecular weight is 204 g/mol. The van der Waals surface area contributed by atoms with Crippen molar-refractivity contribution in [3.8, 4) is 0 Å². The Balaban J connectivity index is 2.01. The van der Waals surface area contributed by atoms with Crippen molar-refractivity contribution in [3.05, 3.63) is 35.4 Å². The Morgan fingerprint density at radius 2 is 2.13 bits per heavy atom. The van der Waals surface area contributed by atoms with Gasteiger partial charge in [0, 0.05) is 0 Å². The fourth-order valence-corrected chi connectivity index (χ4v) is 1.28. The molecule has 0 saturated carbocycles. The van der Waals surface area contributed by atoms with Crippen LogP contribution in [0.5, 0.6) is 0 Å². The zero-order valence-electron chi connectivity index (χ0n) is 8.51. The molecular formula is C11H12N2O2. The molecule has 78 valence electrons. The molecule has 0 N–H and O–H groups in total. The molecule has 0 aromatic heterocycles. The number of carbonyl (C=O) groups is 1. The SMILES string of the molecule is Cc1ccc(C(=O)ON2C=NCC2)cc1. The maximum atomic E-state index is 11.6. The molecule has 1 aromatic rings. The zero-order valence-corrected chi connectivity index (χ0v) is 8.51. The Morgan fingerprint density at radius 1 is 1.40 bits per heavy atom. The second-order valence-corrected chi connectivity index (χ2v) is 3.41. The lowest BCUT2D eigenvalue weighted by molar-refractivity contribution is -0.0454. The Bertz CT molecular complexity index is 384. The summed E-state index contributed by atoms with van der Waals surface area (Å²) in [7, 11) is 0. The number of hydroxylamine groups is 2. The van der Waals surface area contributed by atoms with Crippen LogP contribution in [0, 0.1) is 6.92 Å². The molecule has 0 saturated heterocycles. The fraction of sp³-hybridized carbons (Fsp3) is 0.273. The van der Waals surface area contributed by atoms with E-state index in [1.54, 1.807) is 12.1 Å². The highest BCUT2D eigenvalue weighted by Crippen LogP contribution is 2.06. The fourth-order valence-electron chi connectivity index (χ4n) is 1.28. The van der Waals surface area contributed by atoms with Gasteiger partial charge in [-0.15, -0.1) is 0 Å². The number of aryl methyl sites for hydroxylation is 1. The summed E-state index contributed by atoms with van der Waals surface area (Å²) in [5.41, 5.74) is 1.68. The van der Waals surface area contributed by atoms with Gasteiger partial charge in [-0.05, 0) is 19.1 Å². The molecule has 2 rings (SSSR count). The van der Waals surface area contributed by atoms with Gasteiger partial charge in [0.15, 0.2) is 0 Å². The van der Waals surface area contributed by atoms with Crippen LogP contribution in [0.25, 0.3) is 0 Å². The van der Waals surface area contributed by atoms with Crippen LogP contribution in [0.2, 0.25) is 0 Å². The summed E-state index contributed by atoms with van der Waals surface area (Å²) in [6.07, 6.45) is 1.53. The van der Waals surface area contributed by atoms with Gasteiger partial charge in [0.25, 0.3) is 0 Å². The van der Waals surface area contributed by atoms with Crippen LogP contribution in [-0.4, -0.2) is 30.5 Å². The Labute approximate surface area is 88.1 Å². The van der Waals surface area contributed by atoms with Crippen molar-refractivity contribution < 1.29 is 9.63 Å². The van der Waals surface area contributed by atoms with E-state index in [0.29, 0.717) is 18.7 Å². The van der Waals surface area contributed by atoms with Crippen LogP contribution in [0.1, 0.15) is 15.9 Å². The molecule has 4 heteroatoms. The molecule has 0 fully saturated rings. The van der Waals surface area contributed by atoms with Gasteiger partial charge in [-0.1, -0.05) is 17.7 Å². The molecule has 4 nitrogen and oxygen atoms in total. The number of aliphatic imine (C=N–C) groups is 1. The smallest absolute Gasteiger partial charge is 0.334 e. The normalized spacial score (nSPS) is 14.3. The van der Waals surface area contributed by atoms with Crippen LogP contribution in [0.4, 0.5) is 0 Å². The number of hydrogen-bond donors (Lipinski definition) is 0. The highest BCUT2D eigenvalue weighted by atomic mass is 16.7. The van der Waals surface area contributed by atoms with Crippen molar-refractivity contribution in [1.29, 1.82) is 0 Å². The lowest BCUT2D eigenvalue weighted by Crippen LogP contribution is -2.24. The molecule has 0 aliphatic carbocycles. The third-order valence-corrected chi connectivity index (χ3v) is 2.15. The summed E-state index contributed by atoms with van der Waals surface area (Å²) < 4.78 is 0. The minimum Gasteiger partial charge on any atom is -0.334 e. The highest BCUT2D eigenvalue weighted by molar-refractivity contribution is 5.89. The molecular weight excluding hydrogens is 192 g/mol. The lowest BCUT2D eigenvalue weighted by Gasteiger charge is -2.12. The number of hydrogen-bond acceptors (Lipinski definition) is 4. The molecule has 0 atom stereocenters. The molecule has 1 aliphatic rings. The van der Waals surface area contributed by atoms with Crippen LogP contribution in [-0.2, 0) is 4.84 Å². The van der Waals surface area contributed by atoms with Gasteiger partial charge in [-0.3, -0.25) is 4.99 Å². The van der Waals surface area contributed by atoms with Gasteiger partial charge in [0.1, 0.15) is 6.34 Å². The van der Waals surface area contributed by atoms with Crippen LogP contribution in [0.15, 0.2) is 29.3 Å². The van der Waals surface area contributed by atoms with Crippen molar-refractivity contribution in [2.24, 2.45) is 4.99 Å². The molecule has 1 aliphatic heterocycles. The van der Waals surface area contributed by atoms with Gasteiger partial charge in [-0.25, -0.2) is 4.79 Å². The minimum atomic E-state index is -0.344. The molecule has 15 heavy (non-hydrogen) atoms. The van der Waals surface area contributed by atoms with Crippen molar-refractivity contribution in [1.82, 2.24) is 5.06 Å². The van der Waals surface area contributed by atoms with Crippen LogP contribution >= 0.6 is 0 Å². The summed E-state index contributed by atoms with van der Waals surface area (Å²) in [4.78, 5) is 20.6. The number of benzene rings is 1. The molecule has 1 aromatic carbocycles. The summed E-state index contributed by atoms with van der Waals surface area (Å²) in [6.45, 7) is 3.29. The largest absolute Gasteiger partial charge is 0.363 e. The molecule has 0 radical (unpaired) electrons. The first-order valence-electron chi connectivity index (χ1n) is 4.81. The number of carbonyl (C=O) groups excluding carboxylic acids is 1.